The van der Waals surface area contributed by atoms with Crippen molar-refractivity contribution < 1.29 is 4.79 Å². The van der Waals surface area contributed by atoms with Gasteiger partial charge in [0, 0.05) is 25.0 Å². The number of hydrogen-bond acceptors (Lipinski definition) is 4. The van der Waals surface area contributed by atoms with E-state index in [1.54, 1.807) is 6.20 Å². The van der Waals surface area contributed by atoms with Gasteiger partial charge in [-0.2, -0.15) is 0 Å². The van der Waals surface area contributed by atoms with Crippen LogP contribution in [0.25, 0.3) is 0 Å². The Morgan fingerprint density at radius 3 is 2.72 bits per heavy atom. The smallest absolute Gasteiger partial charge is 0.319 e. The number of rotatable bonds is 4. The number of hydrogen-bond donors (Lipinski definition) is 2. The van der Waals surface area contributed by atoms with Gasteiger partial charge in [0.15, 0.2) is 0 Å². The lowest BCUT2D eigenvalue weighted by Crippen LogP contribution is -2.31. The second-order valence-corrected chi connectivity index (χ2v) is 6.50. The van der Waals surface area contributed by atoms with Crippen molar-refractivity contribution in [1.29, 1.82) is 0 Å². The molecule has 0 aliphatic carbocycles. The zero-order chi connectivity index (χ0) is 17.6. The molecule has 1 aromatic heterocycles. The van der Waals surface area contributed by atoms with E-state index in [0.29, 0.717) is 12.4 Å². The van der Waals surface area contributed by atoms with E-state index in [2.05, 4.69) is 25.5 Å². The monoisotopic (exact) mass is 339 g/mol. The van der Waals surface area contributed by atoms with Crippen LogP contribution in [0.5, 0.6) is 0 Å². The molecule has 1 aliphatic heterocycles. The normalized spacial score (nSPS) is 14.2. The fraction of sp³-hybridized carbons (Fsp3) is 0.421. The number of benzene rings is 1. The summed E-state index contributed by atoms with van der Waals surface area (Å²) in [5, 5.41) is 5.70. The van der Waals surface area contributed by atoms with Gasteiger partial charge in [0.2, 0.25) is 0 Å². The number of urea groups is 1. The van der Waals surface area contributed by atoms with Gasteiger partial charge in [-0.3, -0.25) is 0 Å². The zero-order valence-corrected chi connectivity index (χ0v) is 14.9. The molecule has 2 heterocycles. The van der Waals surface area contributed by atoms with Gasteiger partial charge in [-0.1, -0.05) is 17.7 Å². The molecule has 0 radical (unpaired) electrons. The molecular weight excluding hydrogens is 314 g/mol. The quantitative estimate of drug-likeness (QED) is 0.895. The molecule has 0 unspecified atom stereocenters. The number of aryl methyl sites for hydroxylation is 2. The van der Waals surface area contributed by atoms with E-state index in [-0.39, 0.29) is 6.03 Å². The first-order chi connectivity index (χ1) is 12.1. The number of anilines is 2. The highest BCUT2D eigenvalue weighted by Crippen LogP contribution is 2.17. The van der Waals surface area contributed by atoms with Crippen LogP contribution >= 0.6 is 0 Å². The van der Waals surface area contributed by atoms with Crippen molar-refractivity contribution in [2.75, 3.05) is 23.3 Å². The Bertz CT molecular complexity index is 740. The summed E-state index contributed by atoms with van der Waals surface area (Å²) in [4.78, 5) is 23.2. The van der Waals surface area contributed by atoms with Crippen LogP contribution in [0, 0.1) is 13.8 Å². The number of nitrogens with zero attached hydrogens (tertiary/aromatic N) is 3. The molecule has 1 fully saturated rings. The number of piperidine rings is 1. The third kappa shape index (κ3) is 4.68. The van der Waals surface area contributed by atoms with Crippen LogP contribution in [0.15, 0.2) is 30.5 Å². The van der Waals surface area contributed by atoms with E-state index in [1.165, 1.54) is 24.8 Å². The second kappa shape index (κ2) is 7.96. The molecular formula is C19H25N5O. The number of carbonyl (C=O) groups excluding carboxylic acids is 1. The summed E-state index contributed by atoms with van der Waals surface area (Å²) >= 11 is 0. The predicted molar refractivity (Wildman–Crippen MR) is 99.9 cm³/mol. The molecule has 0 saturated carbocycles. The first-order valence-corrected chi connectivity index (χ1v) is 8.81. The Morgan fingerprint density at radius 1 is 1.16 bits per heavy atom. The number of carbonyl (C=O) groups is 1. The highest BCUT2D eigenvalue weighted by Gasteiger charge is 2.13. The lowest BCUT2D eigenvalue weighted by Gasteiger charge is -2.27. The number of aromatic nitrogens is 2. The molecule has 1 saturated heterocycles. The van der Waals surface area contributed by atoms with Crippen molar-refractivity contribution in [1.82, 2.24) is 15.3 Å². The Morgan fingerprint density at radius 2 is 1.96 bits per heavy atom. The summed E-state index contributed by atoms with van der Waals surface area (Å²) in [7, 11) is 0. The molecule has 132 valence electrons. The Balaban J connectivity index is 1.56. The van der Waals surface area contributed by atoms with Crippen LogP contribution in [0.3, 0.4) is 0 Å². The van der Waals surface area contributed by atoms with Crippen molar-refractivity contribution >= 4 is 17.5 Å². The molecule has 0 atom stereocenters. The highest BCUT2D eigenvalue weighted by atomic mass is 16.2. The molecule has 0 bridgehead atoms. The highest BCUT2D eigenvalue weighted by molar-refractivity contribution is 5.90. The molecule has 3 rings (SSSR count). The molecule has 6 nitrogen and oxygen atoms in total. The Hall–Kier alpha value is -2.63. The second-order valence-electron chi connectivity index (χ2n) is 6.50. The first kappa shape index (κ1) is 17.2. The fourth-order valence-electron chi connectivity index (χ4n) is 3.05. The standard InChI is InChI=1S/C19H25N5O/c1-14-6-7-16(15(2)12-14)22-19(25)21-13-17-20-9-8-18(23-17)24-10-4-3-5-11-24/h6-9,12H,3-5,10-11,13H2,1-2H3,(H2,21,22,25). The minimum atomic E-state index is -0.251. The summed E-state index contributed by atoms with van der Waals surface area (Å²) < 4.78 is 0. The number of amides is 2. The van der Waals surface area contributed by atoms with Crippen LogP contribution in [-0.2, 0) is 6.54 Å². The van der Waals surface area contributed by atoms with Crippen molar-refractivity contribution in [3.63, 3.8) is 0 Å². The maximum Gasteiger partial charge on any atom is 0.319 e. The van der Waals surface area contributed by atoms with Crippen LogP contribution in [0.1, 0.15) is 36.2 Å². The van der Waals surface area contributed by atoms with E-state index in [9.17, 15) is 4.79 Å². The fourth-order valence-corrected chi connectivity index (χ4v) is 3.05. The molecule has 2 N–H and O–H groups in total. The maximum absolute atomic E-state index is 12.1. The summed E-state index contributed by atoms with van der Waals surface area (Å²) in [6.07, 6.45) is 5.45. The van der Waals surface area contributed by atoms with Crippen LogP contribution in [0.2, 0.25) is 0 Å². The lowest BCUT2D eigenvalue weighted by molar-refractivity contribution is 0.251. The van der Waals surface area contributed by atoms with Gasteiger partial charge in [-0.05, 0) is 50.8 Å². The van der Waals surface area contributed by atoms with E-state index in [0.717, 1.165) is 30.2 Å². The van der Waals surface area contributed by atoms with Gasteiger partial charge >= 0.3 is 6.03 Å². The maximum atomic E-state index is 12.1. The largest absolute Gasteiger partial charge is 0.357 e. The summed E-state index contributed by atoms with van der Waals surface area (Å²) in [6.45, 7) is 6.39. The molecule has 2 aromatic rings. The van der Waals surface area contributed by atoms with Crippen LogP contribution in [-0.4, -0.2) is 29.1 Å². The summed E-state index contributed by atoms with van der Waals surface area (Å²) in [5.74, 6) is 1.57. The minimum absolute atomic E-state index is 0.251. The number of nitrogens with one attached hydrogen (secondary N) is 2. The van der Waals surface area contributed by atoms with Crippen molar-refractivity contribution in [3.8, 4) is 0 Å². The van der Waals surface area contributed by atoms with E-state index in [4.69, 9.17) is 0 Å². The Kier molecular flexibility index (Phi) is 5.48. The molecule has 0 spiro atoms. The SMILES string of the molecule is Cc1ccc(NC(=O)NCc2nccc(N3CCCCC3)n2)c(C)c1. The van der Waals surface area contributed by atoms with E-state index < -0.39 is 0 Å². The van der Waals surface area contributed by atoms with Gasteiger partial charge in [0.25, 0.3) is 0 Å². The molecule has 6 heteroatoms. The zero-order valence-electron chi connectivity index (χ0n) is 14.9. The van der Waals surface area contributed by atoms with Crippen molar-refractivity contribution in [2.45, 2.75) is 39.7 Å². The lowest BCUT2D eigenvalue weighted by atomic mass is 10.1. The third-order valence-corrected chi connectivity index (χ3v) is 4.41. The average Bonchev–Trinajstić information content (AvgIpc) is 2.63. The predicted octanol–water partition coefficient (Wildman–Crippen LogP) is 3.41. The van der Waals surface area contributed by atoms with E-state index >= 15 is 0 Å². The van der Waals surface area contributed by atoms with Gasteiger partial charge in [0.1, 0.15) is 11.6 Å². The minimum Gasteiger partial charge on any atom is -0.357 e. The first-order valence-electron chi connectivity index (χ1n) is 8.81. The molecule has 25 heavy (non-hydrogen) atoms. The molecule has 1 aliphatic rings. The van der Waals surface area contributed by atoms with Gasteiger partial charge < -0.3 is 15.5 Å². The average molecular weight is 339 g/mol. The molecule has 2 amide bonds. The summed E-state index contributed by atoms with van der Waals surface area (Å²) in [5.41, 5.74) is 3.02. The van der Waals surface area contributed by atoms with Crippen LogP contribution < -0.4 is 15.5 Å². The topological polar surface area (TPSA) is 70.2 Å². The van der Waals surface area contributed by atoms with Gasteiger partial charge in [0.05, 0.1) is 6.54 Å². The van der Waals surface area contributed by atoms with Gasteiger partial charge in [-0.15, -0.1) is 0 Å². The van der Waals surface area contributed by atoms with Gasteiger partial charge in [-0.25, -0.2) is 14.8 Å². The summed E-state index contributed by atoms with van der Waals surface area (Å²) in [6, 6.07) is 7.62. The van der Waals surface area contributed by atoms with Crippen molar-refractivity contribution in [2.24, 2.45) is 0 Å². The third-order valence-electron chi connectivity index (χ3n) is 4.41. The Labute approximate surface area is 148 Å². The molecule has 1 aromatic carbocycles. The van der Waals surface area contributed by atoms with Crippen molar-refractivity contribution in [3.05, 3.63) is 47.4 Å². The van der Waals surface area contributed by atoms with Crippen LogP contribution in [0.4, 0.5) is 16.3 Å². The van der Waals surface area contributed by atoms with E-state index in [1.807, 2.05) is 38.1 Å².